The summed E-state index contributed by atoms with van der Waals surface area (Å²) in [5.74, 6) is -3.12. The number of carbonyl (C=O) groups is 3. The number of amides is 1. The number of para-hydroxylation sites is 1. The van der Waals surface area contributed by atoms with Crippen LogP contribution in [0, 0.1) is 0 Å². The molecule has 200 valence electrons. The van der Waals surface area contributed by atoms with Gasteiger partial charge >= 0.3 is 18.1 Å². The van der Waals surface area contributed by atoms with Crippen molar-refractivity contribution in [1.29, 1.82) is 0 Å². The van der Waals surface area contributed by atoms with Gasteiger partial charge in [0.05, 0.1) is 18.0 Å². The van der Waals surface area contributed by atoms with Gasteiger partial charge in [-0.25, -0.2) is 9.59 Å². The van der Waals surface area contributed by atoms with Crippen LogP contribution in [0.25, 0.3) is 11.4 Å². The number of alkyl halides is 3. The van der Waals surface area contributed by atoms with Crippen molar-refractivity contribution in [3.8, 4) is 11.4 Å². The Morgan fingerprint density at radius 1 is 1.03 bits per heavy atom. The standard InChI is InChI=1S/C23H21F3N4O2.C2H2O4/c24-23(25,26)18-8-3-6-16(11-18)21-27-22(32-28-21)17-12-29(13-17)14-20(31)30-10-4-7-15-5-1-2-9-19(15)30;3-1(4)2(5)6/h1-3,5-6,8-9,11,17H,4,7,10,12-14H2;(H,3,4)(H,5,6). The number of likely N-dealkylation sites (tertiary alicyclic amines) is 1. The van der Waals surface area contributed by atoms with Crippen LogP contribution >= 0.6 is 0 Å². The largest absolute Gasteiger partial charge is 0.473 e. The Kier molecular flexibility index (Phi) is 7.76. The van der Waals surface area contributed by atoms with E-state index in [9.17, 15) is 18.0 Å². The molecule has 1 aromatic heterocycles. The van der Waals surface area contributed by atoms with Gasteiger partial charge in [0.15, 0.2) is 0 Å². The second kappa shape index (κ2) is 11.0. The maximum absolute atomic E-state index is 12.9. The van der Waals surface area contributed by atoms with E-state index in [1.54, 1.807) is 0 Å². The first kappa shape index (κ1) is 26.8. The van der Waals surface area contributed by atoms with Crippen molar-refractivity contribution in [2.45, 2.75) is 24.9 Å². The summed E-state index contributed by atoms with van der Waals surface area (Å²) in [6, 6.07) is 12.8. The van der Waals surface area contributed by atoms with Crippen molar-refractivity contribution in [1.82, 2.24) is 15.0 Å². The summed E-state index contributed by atoms with van der Waals surface area (Å²) in [7, 11) is 0. The molecule has 5 rings (SSSR count). The van der Waals surface area contributed by atoms with Gasteiger partial charge in [0.2, 0.25) is 17.6 Å². The number of aliphatic carboxylic acids is 2. The zero-order valence-corrected chi connectivity index (χ0v) is 19.9. The van der Waals surface area contributed by atoms with Crippen molar-refractivity contribution < 1.29 is 42.3 Å². The van der Waals surface area contributed by atoms with E-state index in [1.165, 1.54) is 17.7 Å². The SMILES string of the molecule is O=C(CN1CC(c2nc(-c3cccc(C(F)(F)F)c3)no2)C1)N1CCCc2ccccc21.O=C(O)C(=O)O. The van der Waals surface area contributed by atoms with Crippen LogP contribution in [-0.4, -0.2) is 69.3 Å². The number of halogens is 3. The normalized spacial score (nSPS) is 15.6. The third-order valence-electron chi connectivity index (χ3n) is 6.15. The van der Waals surface area contributed by atoms with Crippen LogP contribution in [0.5, 0.6) is 0 Å². The van der Waals surface area contributed by atoms with Gasteiger partial charge in [-0.05, 0) is 36.6 Å². The van der Waals surface area contributed by atoms with Gasteiger partial charge in [-0.2, -0.15) is 18.2 Å². The van der Waals surface area contributed by atoms with Crippen LogP contribution in [-0.2, 0) is 27.0 Å². The highest BCUT2D eigenvalue weighted by atomic mass is 19.4. The van der Waals surface area contributed by atoms with E-state index in [0.717, 1.165) is 37.2 Å². The summed E-state index contributed by atoms with van der Waals surface area (Å²) in [6.07, 6.45) is -2.50. The molecule has 2 aliphatic heterocycles. The summed E-state index contributed by atoms with van der Waals surface area (Å²) in [5.41, 5.74) is 1.68. The number of nitrogens with zero attached hydrogens (tertiary/aromatic N) is 4. The molecule has 38 heavy (non-hydrogen) atoms. The Bertz CT molecular complexity index is 1320. The van der Waals surface area contributed by atoms with Crippen molar-refractivity contribution >= 4 is 23.5 Å². The van der Waals surface area contributed by atoms with Crippen LogP contribution in [0.4, 0.5) is 18.9 Å². The lowest BCUT2D eigenvalue weighted by Crippen LogP contribution is -2.51. The van der Waals surface area contributed by atoms with E-state index >= 15 is 0 Å². The molecule has 1 saturated heterocycles. The number of hydrogen-bond acceptors (Lipinski definition) is 7. The lowest BCUT2D eigenvalue weighted by molar-refractivity contribution is -0.159. The molecule has 3 heterocycles. The fourth-order valence-corrected chi connectivity index (χ4v) is 4.28. The number of carboxylic acid groups (broad SMARTS) is 2. The van der Waals surface area contributed by atoms with Crippen molar-refractivity contribution in [3.05, 3.63) is 65.5 Å². The highest BCUT2D eigenvalue weighted by Gasteiger charge is 2.35. The van der Waals surface area contributed by atoms with Gasteiger partial charge in [0.25, 0.3) is 0 Å². The Labute approximate surface area is 214 Å². The maximum Gasteiger partial charge on any atom is 0.416 e. The fourth-order valence-electron chi connectivity index (χ4n) is 4.28. The number of carbonyl (C=O) groups excluding carboxylic acids is 1. The van der Waals surface area contributed by atoms with Crippen LogP contribution in [0.3, 0.4) is 0 Å². The molecule has 0 aliphatic carbocycles. The molecular formula is C25H23F3N4O6. The van der Waals surface area contributed by atoms with Crippen LogP contribution in [0.1, 0.15) is 29.4 Å². The molecule has 0 saturated carbocycles. The number of fused-ring (bicyclic) bond motifs is 1. The molecule has 2 aromatic carbocycles. The number of aromatic nitrogens is 2. The van der Waals surface area contributed by atoms with Crippen LogP contribution in [0.2, 0.25) is 0 Å². The van der Waals surface area contributed by atoms with E-state index in [4.69, 9.17) is 24.3 Å². The number of aryl methyl sites for hydroxylation is 1. The summed E-state index contributed by atoms with van der Waals surface area (Å²) < 4.78 is 44.1. The monoisotopic (exact) mass is 532 g/mol. The Morgan fingerprint density at radius 3 is 2.42 bits per heavy atom. The van der Waals surface area contributed by atoms with Crippen molar-refractivity contribution in [2.24, 2.45) is 0 Å². The third kappa shape index (κ3) is 6.17. The minimum absolute atomic E-state index is 0.0384. The molecule has 0 atom stereocenters. The van der Waals surface area contributed by atoms with Crippen LogP contribution in [0.15, 0.2) is 53.1 Å². The predicted molar refractivity (Wildman–Crippen MR) is 126 cm³/mol. The molecule has 13 heteroatoms. The zero-order valence-electron chi connectivity index (χ0n) is 19.9. The second-order valence-electron chi connectivity index (χ2n) is 8.81. The Morgan fingerprint density at radius 2 is 1.74 bits per heavy atom. The van der Waals surface area contributed by atoms with Crippen molar-refractivity contribution in [3.63, 3.8) is 0 Å². The molecule has 2 aliphatic rings. The average Bonchev–Trinajstić information content (AvgIpc) is 3.35. The predicted octanol–water partition coefficient (Wildman–Crippen LogP) is 3.29. The number of anilines is 1. The summed E-state index contributed by atoms with van der Waals surface area (Å²) in [4.78, 5) is 39.2. The first-order valence-corrected chi connectivity index (χ1v) is 11.6. The van der Waals surface area contributed by atoms with Gasteiger partial charge < -0.3 is 19.6 Å². The van der Waals surface area contributed by atoms with Gasteiger partial charge in [-0.3, -0.25) is 9.69 Å². The molecule has 0 radical (unpaired) electrons. The summed E-state index contributed by atoms with van der Waals surface area (Å²) >= 11 is 0. The summed E-state index contributed by atoms with van der Waals surface area (Å²) in [6.45, 7) is 2.20. The van der Waals surface area contributed by atoms with Gasteiger partial charge in [0, 0.05) is 30.9 Å². The highest BCUT2D eigenvalue weighted by molar-refractivity contribution is 6.27. The first-order valence-electron chi connectivity index (χ1n) is 11.6. The first-order chi connectivity index (χ1) is 18.0. The number of rotatable bonds is 4. The molecule has 0 unspecified atom stereocenters. The van der Waals surface area contributed by atoms with E-state index in [-0.39, 0.29) is 23.2 Å². The van der Waals surface area contributed by atoms with Crippen molar-refractivity contribution in [2.75, 3.05) is 31.1 Å². The Hall–Kier alpha value is -4.26. The smallest absolute Gasteiger partial charge is 0.416 e. The third-order valence-corrected chi connectivity index (χ3v) is 6.15. The van der Waals surface area contributed by atoms with Gasteiger partial charge in [-0.1, -0.05) is 35.5 Å². The van der Waals surface area contributed by atoms with Gasteiger partial charge in [-0.15, -0.1) is 0 Å². The molecule has 3 aromatic rings. The lowest BCUT2D eigenvalue weighted by Gasteiger charge is -2.38. The molecule has 0 bridgehead atoms. The minimum atomic E-state index is -4.43. The molecule has 1 fully saturated rings. The van der Waals surface area contributed by atoms with E-state index < -0.39 is 23.7 Å². The zero-order chi connectivity index (χ0) is 27.4. The molecule has 1 amide bonds. The van der Waals surface area contributed by atoms with E-state index in [0.29, 0.717) is 25.5 Å². The number of carboxylic acids is 2. The van der Waals surface area contributed by atoms with E-state index in [1.807, 2.05) is 28.0 Å². The minimum Gasteiger partial charge on any atom is -0.473 e. The summed E-state index contributed by atoms with van der Waals surface area (Å²) in [5, 5.41) is 18.6. The fraction of sp³-hybridized carbons (Fsp3) is 0.320. The van der Waals surface area contributed by atoms with Gasteiger partial charge in [0.1, 0.15) is 0 Å². The number of hydrogen-bond donors (Lipinski definition) is 2. The number of benzene rings is 2. The second-order valence-corrected chi connectivity index (χ2v) is 8.81. The van der Waals surface area contributed by atoms with Crippen LogP contribution < -0.4 is 4.90 Å². The van der Waals surface area contributed by atoms with E-state index in [2.05, 4.69) is 16.2 Å². The average molecular weight is 532 g/mol. The molecule has 10 nitrogen and oxygen atoms in total. The maximum atomic E-state index is 12.9. The molecule has 0 spiro atoms. The Balaban J connectivity index is 0.000000505. The lowest BCUT2D eigenvalue weighted by atomic mass is 9.99. The molecular weight excluding hydrogens is 509 g/mol. The highest BCUT2D eigenvalue weighted by Crippen LogP contribution is 2.33. The topological polar surface area (TPSA) is 137 Å². The quantitative estimate of drug-likeness (QED) is 0.485. The molecule has 2 N–H and O–H groups in total.